The van der Waals surface area contributed by atoms with Gasteiger partial charge in [-0.3, -0.25) is 4.57 Å². The van der Waals surface area contributed by atoms with Gasteiger partial charge in [0.1, 0.15) is 11.2 Å². The normalized spacial score (nSPS) is 11.6. The highest BCUT2D eigenvalue weighted by molar-refractivity contribution is 6.17. The Balaban J connectivity index is 1.20. The summed E-state index contributed by atoms with van der Waals surface area (Å²) in [4.78, 5) is 10.6. The van der Waals surface area contributed by atoms with Crippen LogP contribution < -0.4 is 0 Å². The number of aromatic nitrogens is 3. The lowest BCUT2D eigenvalue weighted by molar-refractivity contribution is 0.669. The fourth-order valence-electron chi connectivity index (χ4n) is 7.16. The summed E-state index contributed by atoms with van der Waals surface area (Å²) >= 11 is 0. The lowest BCUT2D eigenvalue weighted by Crippen LogP contribution is -2.04. The molecule has 4 heteroatoms. The molecule has 0 bridgehead atoms. The second kappa shape index (κ2) is 11.4. The van der Waals surface area contributed by atoms with Gasteiger partial charge in [0.2, 0.25) is 5.95 Å². The van der Waals surface area contributed by atoms with Crippen LogP contribution in [0, 0.1) is 0 Å². The summed E-state index contributed by atoms with van der Waals surface area (Å²) in [5, 5.41) is 4.39. The molecule has 0 saturated heterocycles. The first-order chi connectivity index (χ1) is 24.8. The number of hydrogen-bond acceptors (Lipinski definition) is 3. The predicted octanol–water partition coefficient (Wildman–Crippen LogP) is 12.1. The predicted molar refractivity (Wildman–Crippen MR) is 205 cm³/mol. The van der Waals surface area contributed by atoms with Crippen LogP contribution in [-0.2, 0) is 0 Å². The van der Waals surface area contributed by atoms with E-state index >= 15 is 0 Å². The van der Waals surface area contributed by atoms with E-state index in [2.05, 4.69) is 156 Å². The van der Waals surface area contributed by atoms with E-state index in [0.717, 1.165) is 66.3 Å². The van der Waals surface area contributed by atoms with Crippen LogP contribution in [0.4, 0.5) is 0 Å². The summed E-state index contributed by atoms with van der Waals surface area (Å²) in [6, 6.07) is 61.4. The Labute approximate surface area is 288 Å². The zero-order chi connectivity index (χ0) is 33.0. The van der Waals surface area contributed by atoms with Crippen molar-refractivity contribution in [3.63, 3.8) is 0 Å². The second-order valence-corrected chi connectivity index (χ2v) is 12.6. The molecule has 4 nitrogen and oxygen atoms in total. The van der Waals surface area contributed by atoms with Crippen molar-refractivity contribution in [3.05, 3.63) is 176 Å². The number of nitrogens with zero attached hydrogens (tertiary/aromatic N) is 3. The average Bonchev–Trinajstić information content (AvgIpc) is 3.72. The zero-order valence-corrected chi connectivity index (χ0v) is 27.0. The number of furan rings is 1. The molecule has 0 atom stereocenters. The minimum Gasteiger partial charge on any atom is -0.456 e. The van der Waals surface area contributed by atoms with Crippen molar-refractivity contribution in [1.82, 2.24) is 14.5 Å². The monoisotopic (exact) mass is 639 g/mol. The number of para-hydroxylation sites is 2. The lowest BCUT2D eigenvalue weighted by Gasteiger charge is -2.12. The maximum atomic E-state index is 6.32. The molecule has 0 amide bonds. The molecule has 50 heavy (non-hydrogen) atoms. The lowest BCUT2D eigenvalue weighted by atomic mass is 10.0. The Kier molecular flexibility index (Phi) is 6.46. The van der Waals surface area contributed by atoms with Crippen molar-refractivity contribution in [2.45, 2.75) is 0 Å². The van der Waals surface area contributed by atoms with Gasteiger partial charge in [0.05, 0.1) is 22.4 Å². The van der Waals surface area contributed by atoms with Crippen LogP contribution in [0.2, 0.25) is 0 Å². The van der Waals surface area contributed by atoms with Gasteiger partial charge >= 0.3 is 0 Å². The average molecular weight is 640 g/mol. The minimum absolute atomic E-state index is 0.620. The molecule has 0 saturated carbocycles. The first-order valence-corrected chi connectivity index (χ1v) is 16.8. The standard InChI is InChI=1S/C46H29N3O/c1-3-11-30(12-4-1)32-19-23-34(24-20-32)40-29-41(35-25-21-33(22-26-35)31-13-5-2-6-14-31)48-46(47-40)49-42-17-9-7-15-36(42)38-28-45-39(27-43(38)49)37-16-8-10-18-44(37)50-45/h1-29H. The summed E-state index contributed by atoms with van der Waals surface area (Å²) in [5.74, 6) is 0.620. The molecule has 0 spiro atoms. The maximum Gasteiger partial charge on any atom is 0.235 e. The largest absolute Gasteiger partial charge is 0.456 e. The quantitative estimate of drug-likeness (QED) is 0.188. The maximum absolute atomic E-state index is 6.32. The molecule has 0 fully saturated rings. The van der Waals surface area contributed by atoms with E-state index in [4.69, 9.17) is 14.4 Å². The number of benzene rings is 7. The van der Waals surface area contributed by atoms with Gasteiger partial charge in [0.25, 0.3) is 0 Å². The Morgan fingerprint density at radius 2 is 0.840 bits per heavy atom. The topological polar surface area (TPSA) is 43.9 Å². The fraction of sp³-hybridized carbons (Fsp3) is 0. The van der Waals surface area contributed by atoms with Crippen LogP contribution in [0.25, 0.3) is 94.5 Å². The van der Waals surface area contributed by atoms with Gasteiger partial charge < -0.3 is 4.42 Å². The molecule has 3 heterocycles. The van der Waals surface area contributed by atoms with E-state index < -0.39 is 0 Å². The summed E-state index contributed by atoms with van der Waals surface area (Å²) in [7, 11) is 0. The summed E-state index contributed by atoms with van der Waals surface area (Å²) in [5.41, 5.74) is 12.3. The minimum atomic E-state index is 0.620. The molecule has 10 aromatic rings. The van der Waals surface area contributed by atoms with Gasteiger partial charge in [-0.25, -0.2) is 9.97 Å². The Morgan fingerprint density at radius 1 is 0.340 bits per heavy atom. The highest BCUT2D eigenvalue weighted by Gasteiger charge is 2.19. The van der Waals surface area contributed by atoms with E-state index in [1.165, 1.54) is 22.3 Å². The smallest absolute Gasteiger partial charge is 0.235 e. The molecule has 234 valence electrons. The Bertz CT molecular complexity index is 2730. The molecular formula is C46H29N3O. The number of hydrogen-bond donors (Lipinski definition) is 0. The van der Waals surface area contributed by atoms with Crippen molar-refractivity contribution in [1.29, 1.82) is 0 Å². The molecule has 0 unspecified atom stereocenters. The zero-order valence-electron chi connectivity index (χ0n) is 27.0. The van der Waals surface area contributed by atoms with Crippen molar-refractivity contribution >= 4 is 43.7 Å². The van der Waals surface area contributed by atoms with Gasteiger partial charge in [-0.05, 0) is 52.6 Å². The molecular weight excluding hydrogens is 611 g/mol. The summed E-state index contributed by atoms with van der Waals surface area (Å²) < 4.78 is 8.52. The van der Waals surface area contributed by atoms with Gasteiger partial charge in [0, 0.05) is 32.7 Å². The molecule has 0 aliphatic heterocycles. The first-order valence-electron chi connectivity index (χ1n) is 16.8. The molecule has 10 rings (SSSR count). The molecule has 0 aliphatic rings. The highest BCUT2D eigenvalue weighted by Crippen LogP contribution is 2.38. The molecule has 0 N–H and O–H groups in total. The van der Waals surface area contributed by atoms with Gasteiger partial charge in [-0.2, -0.15) is 0 Å². The Morgan fingerprint density at radius 3 is 1.46 bits per heavy atom. The van der Waals surface area contributed by atoms with Crippen LogP contribution in [0.3, 0.4) is 0 Å². The van der Waals surface area contributed by atoms with Crippen LogP contribution >= 0.6 is 0 Å². The summed E-state index contributed by atoms with van der Waals surface area (Å²) in [6.45, 7) is 0. The molecule has 0 radical (unpaired) electrons. The van der Waals surface area contributed by atoms with E-state index in [9.17, 15) is 0 Å². The Hall–Kier alpha value is -6.78. The van der Waals surface area contributed by atoms with Gasteiger partial charge in [-0.15, -0.1) is 0 Å². The molecule has 7 aromatic carbocycles. The third-order valence-corrected chi connectivity index (χ3v) is 9.66. The highest BCUT2D eigenvalue weighted by atomic mass is 16.3. The van der Waals surface area contributed by atoms with E-state index in [1.54, 1.807) is 0 Å². The summed E-state index contributed by atoms with van der Waals surface area (Å²) in [6.07, 6.45) is 0. The van der Waals surface area contributed by atoms with E-state index in [0.29, 0.717) is 5.95 Å². The fourth-order valence-corrected chi connectivity index (χ4v) is 7.16. The van der Waals surface area contributed by atoms with Crippen molar-refractivity contribution in [2.24, 2.45) is 0 Å². The van der Waals surface area contributed by atoms with Crippen molar-refractivity contribution < 1.29 is 4.42 Å². The first kappa shape index (κ1) is 28.3. The third kappa shape index (κ3) is 4.69. The van der Waals surface area contributed by atoms with Crippen LogP contribution in [-0.4, -0.2) is 14.5 Å². The van der Waals surface area contributed by atoms with Crippen LogP contribution in [0.15, 0.2) is 180 Å². The van der Waals surface area contributed by atoms with E-state index in [1.807, 2.05) is 24.3 Å². The van der Waals surface area contributed by atoms with Gasteiger partial charge in [0.15, 0.2) is 0 Å². The molecule has 0 aliphatic carbocycles. The third-order valence-electron chi connectivity index (χ3n) is 9.66. The van der Waals surface area contributed by atoms with Crippen LogP contribution in [0.1, 0.15) is 0 Å². The van der Waals surface area contributed by atoms with Crippen molar-refractivity contribution in [2.75, 3.05) is 0 Å². The van der Waals surface area contributed by atoms with Crippen LogP contribution in [0.5, 0.6) is 0 Å². The number of rotatable bonds is 5. The van der Waals surface area contributed by atoms with E-state index in [-0.39, 0.29) is 0 Å². The van der Waals surface area contributed by atoms with Crippen molar-refractivity contribution in [3.8, 4) is 50.7 Å². The second-order valence-electron chi connectivity index (χ2n) is 12.6. The molecule has 3 aromatic heterocycles. The number of fused-ring (bicyclic) bond motifs is 6. The SMILES string of the molecule is c1ccc(-c2ccc(-c3cc(-c4ccc(-c5ccccc5)cc4)nc(-n4c5ccccc5c5cc6oc7ccccc7c6cc54)n3)cc2)cc1. The van der Waals surface area contributed by atoms with Gasteiger partial charge in [-0.1, -0.05) is 146 Å².